The lowest BCUT2D eigenvalue weighted by Crippen LogP contribution is -2.53. The number of nitrogens with one attached hydrogen (secondary N) is 1. The largest absolute Gasteiger partial charge is 0.368 e. The van der Waals surface area contributed by atoms with E-state index in [1.807, 2.05) is 0 Å². The van der Waals surface area contributed by atoms with Crippen molar-refractivity contribution in [1.82, 2.24) is 10.2 Å². The van der Waals surface area contributed by atoms with Crippen molar-refractivity contribution in [3.8, 4) is 0 Å². The number of carbonyl (C=O) groups excluding carboxylic acids is 3. The number of nitrogens with two attached hydrogens (primary N) is 1. The number of carbonyl (C=O) groups is 3. The standard InChI is InChI=1S/C12H21N3O3S/c1-7(14-11(18)12(2,3)4)10(17)15-6-19-5-8(15)9(13)16/h7-8H,5-6H2,1-4H3,(H2,13,16)(H,14,18). The summed E-state index contributed by atoms with van der Waals surface area (Å²) in [4.78, 5) is 36.7. The zero-order valence-corrected chi connectivity index (χ0v) is 12.5. The van der Waals surface area contributed by atoms with Gasteiger partial charge in [0.15, 0.2) is 0 Å². The lowest BCUT2D eigenvalue weighted by atomic mass is 9.95. The summed E-state index contributed by atoms with van der Waals surface area (Å²) in [6.07, 6.45) is 0. The summed E-state index contributed by atoms with van der Waals surface area (Å²) in [6, 6.07) is -1.24. The van der Waals surface area contributed by atoms with Gasteiger partial charge in [0.05, 0.1) is 5.88 Å². The van der Waals surface area contributed by atoms with Crippen molar-refractivity contribution < 1.29 is 14.4 Å². The smallest absolute Gasteiger partial charge is 0.246 e. The molecule has 2 atom stereocenters. The average molecular weight is 287 g/mol. The summed E-state index contributed by atoms with van der Waals surface area (Å²) in [5.41, 5.74) is 4.70. The van der Waals surface area contributed by atoms with Crippen molar-refractivity contribution >= 4 is 29.5 Å². The normalized spacial score (nSPS) is 21.1. The number of thioether (sulfide) groups is 1. The molecule has 1 saturated heterocycles. The highest BCUT2D eigenvalue weighted by Crippen LogP contribution is 2.21. The Morgan fingerprint density at radius 2 is 1.95 bits per heavy atom. The van der Waals surface area contributed by atoms with Crippen molar-refractivity contribution in [2.75, 3.05) is 11.6 Å². The van der Waals surface area contributed by atoms with Gasteiger partial charge >= 0.3 is 0 Å². The molecule has 0 radical (unpaired) electrons. The van der Waals surface area contributed by atoms with E-state index in [1.54, 1.807) is 27.7 Å². The molecule has 1 heterocycles. The Hall–Kier alpha value is -1.24. The number of hydrogen-bond donors (Lipinski definition) is 2. The van der Waals surface area contributed by atoms with Gasteiger partial charge in [-0.05, 0) is 6.92 Å². The minimum Gasteiger partial charge on any atom is -0.368 e. The third-order valence-corrected chi connectivity index (χ3v) is 3.91. The summed E-state index contributed by atoms with van der Waals surface area (Å²) < 4.78 is 0. The molecule has 0 aromatic rings. The average Bonchev–Trinajstić information content (AvgIpc) is 2.75. The van der Waals surface area contributed by atoms with Crippen LogP contribution >= 0.6 is 11.8 Å². The zero-order chi connectivity index (χ0) is 14.8. The molecule has 1 aliphatic rings. The zero-order valence-electron chi connectivity index (χ0n) is 11.7. The van der Waals surface area contributed by atoms with Gasteiger partial charge in [0, 0.05) is 11.2 Å². The first-order valence-electron chi connectivity index (χ1n) is 6.13. The van der Waals surface area contributed by atoms with Crippen LogP contribution in [0.25, 0.3) is 0 Å². The van der Waals surface area contributed by atoms with E-state index in [0.717, 1.165) is 0 Å². The third kappa shape index (κ3) is 3.86. The molecule has 7 heteroatoms. The molecule has 3 N–H and O–H groups in total. The molecule has 0 bridgehead atoms. The van der Waals surface area contributed by atoms with Gasteiger partial charge in [0.25, 0.3) is 0 Å². The minimum atomic E-state index is -0.660. The summed E-state index contributed by atoms with van der Waals surface area (Å²) in [6.45, 7) is 6.94. The Morgan fingerprint density at radius 3 is 2.42 bits per heavy atom. The highest BCUT2D eigenvalue weighted by Gasteiger charge is 2.36. The molecular formula is C12H21N3O3S. The monoisotopic (exact) mass is 287 g/mol. The molecule has 1 aliphatic heterocycles. The first kappa shape index (κ1) is 15.8. The van der Waals surface area contributed by atoms with Crippen LogP contribution in [-0.2, 0) is 14.4 Å². The molecule has 6 nitrogen and oxygen atoms in total. The molecule has 108 valence electrons. The summed E-state index contributed by atoms with van der Waals surface area (Å²) in [5, 5.41) is 2.66. The van der Waals surface area contributed by atoms with Crippen LogP contribution in [0.1, 0.15) is 27.7 Å². The molecule has 1 fully saturated rings. The van der Waals surface area contributed by atoms with E-state index in [1.165, 1.54) is 16.7 Å². The topological polar surface area (TPSA) is 92.5 Å². The van der Waals surface area contributed by atoms with Gasteiger partial charge in [-0.25, -0.2) is 0 Å². The Balaban J connectivity index is 2.67. The summed E-state index contributed by atoms with van der Waals surface area (Å²) >= 11 is 1.48. The van der Waals surface area contributed by atoms with Crippen molar-refractivity contribution in [1.29, 1.82) is 0 Å². The van der Waals surface area contributed by atoms with E-state index < -0.39 is 23.4 Å². The van der Waals surface area contributed by atoms with Crippen LogP contribution in [0.4, 0.5) is 0 Å². The summed E-state index contributed by atoms with van der Waals surface area (Å²) in [7, 11) is 0. The molecule has 0 saturated carbocycles. The van der Waals surface area contributed by atoms with Crippen LogP contribution < -0.4 is 11.1 Å². The maximum Gasteiger partial charge on any atom is 0.246 e. The van der Waals surface area contributed by atoms with Crippen LogP contribution in [0.15, 0.2) is 0 Å². The van der Waals surface area contributed by atoms with Gasteiger partial charge in [-0.3, -0.25) is 14.4 Å². The van der Waals surface area contributed by atoms with Crippen molar-refractivity contribution in [3.05, 3.63) is 0 Å². The molecule has 19 heavy (non-hydrogen) atoms. The van der Waals surface area contributed by atoms with Crippen molar-refractivity contribution in [2.24, 2.45) is 11.1 Å². The number of hydrogen-bond acceptors (Lipinski definition) is 4. The SMILES string of the molecule is CC(NC(=O)C(C)(C)C)C(=O)N1CSCC1C(N)=O. The Labute approximate surface area is 117 Å². The van der Waals surface area contributed by atoms with Gasteiger partial charge in [0.2, 0.25) is 17.7 Å². The molecule has 0 aliphatic carbocycles. The Kier molecular flexibility index (Phi) is 4.84. The highest BCUT2D eigenvalue weighted by atomic mass is 32.2. The Bertz CT molecular complexity index is 392. The van der Waals surface area contributed by atoms with Gasteiger partial charge in [-0.1, -0.05) is 20.8 Å². The van der Waals surface area contributed by atoms with Gasteiger partial charge in [-0.2, -0.15) is 0 Å². The lowest BCUT2D eigenvalue weighted by Gasteiger charge is -2.27. The molecule has 0 aromatic carbocycles. The van der Waals surface area contributed by atoms with E-state index in [9.17, 15) is 14.4 Å². The molecule has 2 unspecified atom stereocenters. The quantitative estimate of drug-likeness (QED) is 0.759. The highest BCUT2D eigenvalue weighted by molar-refractivity contribution is 7.99. The number of primary amides is 1. The first-order valence-corrected chi connectivity index (χ1v) is 7.28. The fraction of sp³-hybridized carbons (Fsp3) is 0.750. The number of rotatable bonds is 3. The van der Waals surface area contributed by atoms with Crippen LogP contribution in [-0.4, -0.2) is 46.3 Å². The maximum absolute atomic E-state index is 12.2. The van der Waals surface area contributed by atoms with Gasteiger partial charge in [0.1, 0.15) is 12.1 Å². The minimum absolute atomic E-state index is 0.198. The fourth-order valence-corrected chi connectivity index (χ4v) is 2.80. The van der Waals surface area contributed by atoms with Crippen molar-refractivity contribution in [2.45, 2.75) is 39.8 Å². The number of amides is 3. The molecule has 1 rings (SSSR count). The predicted molar refractivity (Wildman–Crippen MR) is 74.2 cm³/mol. The molecule has 3 amide bonds. The van der Waals surface area contributed by atoms with E-state index in [0.29, 0.717) is 11.6 Å². The molecule has 0 aromatic heterocycles. The fourth-order valence-electron chi connectivity index (χ4n) is 1.62. The predicted octanol–water partition coefficient (Wildman–Crippen LogP) is -0.0760. The second-order valence-corrected chi connectivity index (χ2v) is 6.67. The third-order valence-electron chi connectivity index (χ3n) is 2.89. The molecule has 0 spiro atoms. The van der Waals surface area contributed by atoms with E-state index in [-0.39, 0.29) is 11.8 Å². The number of nitrogens with zero attached hydrogens (tertiary/aromatic N) is 1. The van der Waals surface area contributed by atoms with Crippen LogP contribution in [0.5, 0.6) is 0 Å². The summed E-state index contributed by atoms with van der Waals surface area (Å²) in [5.74, 6) is -0.0293. The lowest BCUT2D eigenvalue weighted by molar-refractivity contribution is -0.141. The van der Waals surface area contributed by atoms with E-state index in [4.69, 9.17) is 5.73 Å². The second kappa shape index (κ2) is 5.81. The van der Waals surface area contributed by atoms with Gasteiger partial charge in [-0.15, -0.1) is 11.8 Å². The van der Waals surface area contributed by atoms with Gasteiger partial charge < -0.3 is 16.0 Å². The van der Waals surface area contributed by atoms with E-state index in [2.05, 4.69) is 5.32 Å². The first-order chi connectivity index (χ1) is 8.64. The second-order valence-electron chi connectivity index (χ2n) is 5.67. The van der Waals surface area contributed by atoms with Crippen LogP contribution in [0, 0.1) is 5.41 Å². The Morgan fingerprint density at radius 1 is 1.37 bits per heavy atom. The van der Waals surface area contributed by atoms with E-state index >= 15 is 0 Å². The maximum atomic E-state index is 12.2. The van der Waals surface area contributed by atoms with Crippen molar-refractivity contribution in [3.63, 3.8) is 0 Å². The van der Waals surface area contributed by atoms with Crippen LogP contribution in [0.3, 0.4) is 0 Å². The van der Waals surface area contributed by atoms with Crippen LogP contribution in [0.2, 0.25) is 0 Å². The molecular weight excluding hydrogens is 266 g/mol.